The fourth-order valence-electron chi connectivity index (χ4n) is 2.75. The van der Waals surface area contributed by atoms with Gasteiger partial charge in [0, 0.05) is 12.6 Å². The number of likely N-dealkylation sites (tertiary alicyclic amines) is 1. The number of hydrogen-bond donors (Lipinski definition) is 1. The Morgan fingerprint density at radius 1 is 1.27 bits per heavy atom. The third-order valence-electron chi connectivity index (χ3n) is 4.25. The Morgan fingerprint density at radius 2 is 1.91 bits per heavy atom. The lowest BCUT2D eigenvalue weighted by atomic mass is 9.92. The smallest absolute Gasteiger partial charge is 0.263 e. The molecule has 120 valence electrons. The molecule has 0 aliphatic carbocycles. The van der Waals surface area contributed by atoms with Crippen molar-refractivity contribution in [1.82, 2.24) is 4.90 Å². The van der Waals surface area contributed by atoms with Crippen LogP contribution in [-0.2, 0) is 9.59 Å². The molecule has 0 bridgehead atoms. The SMILES string of the molecule is Cc1ccc(O[C@H](C)C(=O)N2C[C@@H](C(N)=O)CC[C@@H]2C)cc1. The number of carbonyl (C=O) groups excluding carboxylic acids is 2. The molecule has 0 unspecified atom stereocenters. The molecule has 0 radical (unpaired) electrons. The number of piperidine rings is 1. The highest BCUT2D eigenvalue weighted by molar-refractivity contribution is 5.83. The van der Waals surface area contributed by atoms with Crippen LogP contribution in [0, 0.1) is 12.8 Å². The van der Waals surface area contributed by atoms with Crippen LogP contribution in [0.5, 0.6) is 5.75 Å². The number of nitrogens with two attached hydrogens (primary N) is 1. The predicted octanol–water partition coefficient (Wildman–Crippen LogP) is 1.87. The standard InChI is InChI=1S/C17H24N2O3/c1-11-4-8-15(9-5-11)22-13(3)17(21)19-10-14(16(18)20)7-6-12(19)2/h4-5,8-9,12-14H,6-7,10H2,1-3H3,(H2,18,20)/t12-,13+,14-/m0/s1. The summed E-state index contributed by atoms with van der Waals surface area (Å²) in [6.45, 7) is 6.12. The van der Waals surface area contributed by atoms with E-state index in [9.17, 15) is 9.59 Å². The average molecular weight is 304 g/mol. The molecule has 0 spiro atoms. The summed E-state index contributed by atoms with van der Waals surface area (Å²) < 4.78 is 5.72. The van der Waals surface area contributed by atoms with Crippen molar-refractivity contribution in [3.8, 4) is 5.75 Å². The molecule has 2 amide bonds. The van der Waals surface area contributed by atoms with Gasteiger partial charge in [0.2, 0.25) is 5.91 Å². The summed E-state index contributed by atoms with van der Waals surface area (Å²) in [5, 5.41) is 0. The summed E-state index contributed by atoms with van der Waals surface area (Å²) in [5.41, 5.74) is 6.52. The Balaban J connectivity index is 2.02. The highest BCUT2D eigenvalue weighted by Crippen LogP contribution is 2.23. The Morgan fingerprint density at radius 3 is 2.50 bits per heavy atom. The topological polar surface area (TPSA) is 72.6 Å². The van der Waals surface area contributed by atoms with Crippen LogP contribution in [0.2, 0.25) is 0 Å². The maximum atomic E-state index is 12.6. The molecule has 22 heavy (non-hydrogen) atoms. The fraction of sp³-hybridized carbons (Fsp3) is 0.529. The van der Waals surface area contributed by atoms with Gasteiger partial charge < -0.3 is 15.4 Å². The fourth-order valence-corrected chi connectivity index (χ4v) is 2.75. The van der Waals surface area contributed by atoms with Gasteiger partial charge in [0.1, 0.15) is 5.75 Å². The zero-order valence-corrected chi connectivity index (χ0v) is 13.4. The molecule has 3 atom stereocenters. The third-order valence-corrected chi connectivity index (χ3v) is 4.25. The average Bonchev–Trinajstić information content (AvgIpc) is 2.49. The molecule has 1 aromatic carbocycles. The molecule has 1 aliphatic rings. The first-order valence-electron chi connectivity index (χ1n) is 7.71. The van der Waals surface area contributed by atoms with Crippen molar-refractivity contribution < 1.29 is 14.3 Å². The minimum Gasteiger partial charge on any atom is -0.481 e. The van der Waals surface area contributed by atoms with E-state index in [0.29, 0.717) is 12.3 Å². The van der Waals surface area contributed by atoms with Crippen LogP contribution in [0.25, 0.3) is 0 Å². The molecule has 1 fully saturated rings. The van der Waals surface area contributed by atoms with Gasteiger partial charge in [-0.1, -0.05) is 17.7 Å². The second-order valence-electron chi connectivity index (χ2n) is 6.09. The van der Waals surface area contributed by atoms with E-state index in [0.717, 1.165) is 18.4 Å². The summed E-state index contributed by atoms with van der Waals surface area (Å²) in [4.78, 5) is 25.7. The van der Waals surface area contributed by atoms with E-state index in [1.54, 1.807) is 11.8 Å². The van der Waals surface area contributed by atoms with Crippen LogP contribution in [0.3, 0.4) is 0 Å². The number of primary amides is 1. The van der Waals surface area contributed by atoms with Gasteiger partial charge in [0.25, 0.3) is 5.91 Å². The zero-order valence-electron chi connectivity index (χ0n) is 13.4. The lowest BCUT2D eigenvalue weighted by molar-refractivity contribution is -0.143. The summed E-state index contributed by atoms with van der Waals surface area (Å²) in [6.07, 6.45) is 0.946. The van der Waals surface area contributed by atoms with Crippen molar-refractivity contribution in [2.24, 2.45) is 11.7 Å². The normalized spacial score (nSPS) is 23.0. The first kappa shape index (κ1) is 16.3. The molecule has 2 N–H and O–H groups in total. The van der Waals surface area contributed by atoms with Crippen LogP contribution in [0.15, 0.2) is 24.3 Å². The highest BCUT2D eigenvalue weighted by Gasteiger charge is 2.34. The Kier molecular flexibility index (Phi) is 5.06. The van der Waals surface area contributed by atoms with E-state index in [-0.39, 0.29) is 23.8 Å². The number of amides is 2. The summed E-state index contributed by atoms with van der Waals surface area (Å²) in [6, 6.07) is 7.70. The molecule has 1 aliphatic heterocycles. The van der Waals surface area contributed by atoms with E-state index in [1.165, 1.54) is 0 Å². The van der Waals surface area contributed by atoms with Gasteiger partial charge >= 0.3 is 0 Å². The van der Waals surface area contributed by atoms with Crippen molar-refractivity contribution in [2.75, 3.05) is 6.54 Å². The van der Waals surface area contributed by atoms with Gasteiger partial charge in [-0.05, 0) is 45.7 Å². The molecule has 0 saturated carbocycles. The van der Waals surface area contributed by atoms with Crippen molar-refractivity contribution in [3.63, 3.8) is 0 Å². The van der Waals surface area contributed by atoms with Crippen LogP contribution in [0.1, 0.15) is 32.3 Å². The molecule has 1 saturated heterocycles. The molecule has 2 rings (SSSR count). The number of hydrogen-bond acceptors (Lipinski definition) is 3. The lowest BCUT2D eigenvalue weighted by Gasteiger charge is -2.38. The van der Waals surface area contributed by atoms with E-state index < -0.39 is 6.10 Å². The molecular weight excluding hydrogens is 280 g/mol. The maximum Gasteiger partial charge on any atom is 0.263 e. The highest BCUT2D eigenvalue weighted by atomic mass is 16.5. The van der Waals surface area contributed by atoms with E-state index in [1.807, 2.05) is 38.1 Å². The van der Waals surface area contributed by atoms with Crippen LogP contribution < -0.4 is 10.5 Å². The minimum absolute atomic E-state index is 0.0981. The number of carbonyl (C=O) groups is 2. The number of aryl methyl sites for hydroxylation is 1. The Labute approximate surface area is 131 Å². The second kappa shape index (κ2) is 6.81. The van der Waals surface area contributed by atoms with Crippen molar-refractivity contribution in [2.45, 2.75) is 45.8 Å². The first-order chi connectivity index (χ1) is 10.4. The van der Waals surface area contributed by atoms with Crippen molar-refractivity contribution in [1.29, 1.82) is 0 Å². The Hall–Kier alpha value is -2.04. The molecular formula is C17H24N2O3. The Bertz CT molecular complexity index is 541. The third kappa shape index (κ3) is 3.78. The van der Waals surface area contributed by atoms with Gasteiger partial charge in [0.05, 0.1) is 5.92 Å². The van der Waals surface area contributed by atoms with Crippen LogP contribution in [0.4, 0.5) is 0 Å². The largest absolute Gasteiger partial charge is 0.481 e. The monoisotopic (exact) mass is 304 g/mol. The van der Waals surface area contributed by atoms with Crippen LogP contribution >= 0.6 is 0 Å². The lowest BCUT2D eigenvalue weighted by Crippen LogP contribution is -2.52. The predicted molar refractivity (Wildman–Crippen MR) is 84.4 cm³/mol. The summed E-state index contributed by atoms with van der Waals surface area (Å²) in [5.74, 6) is -0.0230. The molecule has 5 nitrogen and oxygen atoms in total. The quantitative estimate of drug-likeness (QED) is 0.923. The van der Waals surface area contributed by atoms with Gasteiger partial charge in [-0.25, -0.2) is 0 Å². The van der Waals surface area contributed by atoms with Crippen molar-refractivity contribution >= 4 is 11.8 Å². The van der Waals surface area contributed by atoms with E-state index >= 15 is 0 Å². The second-order valence-corrected chi connectivity index (χ2v) is 6.09. The summed E-state index contributed by atoms with van der Waals surface area (Å²) in [7, 11) is 0. The first-order valence-corrected chi connectivity index (χ1v) is 7.71. The van der Waals surface area contributed by atoms with Gasteiger partial charge in [-0.3, -0.25) is 9.59 Å². The van der Waals surface area contributed by atoms with E-state index in [2.05, 4.69) is 0 Å². The molecule has 5 heteroatoms. The maximum absolute atomic E-state index is 12.6. The van der Waals surface area contributed by atoms with Gasteiger partial charge in [-0.2, -0.15) is 0 Å². The molecule has 1 aromatic rings. The van der Waals surface area contributed by atoms with Crippen molar-refractivity contribution in [3.05, 3.63) is 29.8 Å². The van der Waals surface area contributed by atoms with Crippen LogP contribution in [-0.4, -0.2) is 35.4 Å². The molecule has 1 heterocycles. The number of nitrogens with zero attached hydrogens (tertiary/aromatic N) is 1. The molecule has 0 aromatic heterocycles. The van der Waals surface area contributed by atoms with E-state index in [4.69, 9.17) is 10.5 Å². The number of benzene rings is 1. The minimum atomic E-state index is -0.586. The number of ether oxygens (including phenoxy) is 1. The zero-order chi connectivity index (χ0) is 16.3. The number of rotatable bonds is 4. The van der Waals surface area contributed by atoms with Gasteiger partial charge in [-0.15, -0.1) is 0 Å². The van der Waals surface area contributed by atoms with Gasteiger partial charge in [0.15, 0.2) is 6.10 Å². The summed E-state index contributed by atoms with van der Waals surface area (Å²) >= 11 is 0.